The van der Waals surface area contributed by atoms with E-state index in [0.29, 0.717) is 11.8 Å². The van der Waals surface area contributed by atoms with Gasteiger partial charge in [0, 0.05) is 11.8 Å². The monoisotopic (exact) mass is 322 g/mol. The minimum Gasteiger partial charge on any atom is -0.462 e. The molecule has 0 aliphatic heterocycles. The molecule has 0 heterocycles. The first kappa shape index (κ1) is 18.8. The fraction of sp³-hybridized carbons (Fsp3) is 0.952. The summed E-state index contributed by atoms with van der Waals surface area (Å²) in [6.07, 6.45) is 11.8. The molecule has 0 aromatic rings. The van der Waals surface area contributed by atoms with Crippen molar-refractivity contribution < 1.29 is 9.53 Å². The van der Waals surface area contributed by atoms with Crippen LogP contribution in [0.3, 0.4) is 0 Å². The minimum absolute atomic E-state index is 0.0433. The number of fused-ring (bicyclic) bond motifs is 2. The Labute approximate surface area is 143 Å². The maximum absolute atomic E-state index is 12.2. The lowest BCUT2D eigenvalue weighted by Crippen LogP contribution is -2.38. The Balaban J connectivity index is 1.61. The van der Waals surface area contributed by atoms with Gasteiger partial charge in [-0.05, 0) is 42.9 Å². The third-order valence-electron chi connectivity index (χ3n) is 7.15. The van der Waals surface area contributed by atoms with Gasteiger partial charge in [0.25, 0.3) is 0 Å². The molecule has 2 rings (SSSR count). The van der Waals surface area contributed by atoms with Crippen molar-refractivity contribution in [3.63, 3.8) is 0 Å². The Morgan fingerprint density at radius 2 is 1.74 bits per heavy atom. The molecular weight excluding hydrogens is 284 g/mol. The van der Waals surface area contributed by atoms with Crippen molar-refractivity contribution in [2.45, 2.75) is 105 Å². The van der Waals surface area contributed by atoms with Crippen molar-refractivity contribution in [3.8, 4) is 0 Å². The predicted molar refractivity (Wildman–Crippen MR) is 96.3 cm³/mol. The number of unbranched alkanes of at least 4 members (excludes halogenated alkanes) is 4. The van der Waals surface area contributed by atoms with Crippen LogP contribution in [0, 0.1) is 22.7 Å². The molecule has 0 aromatic heterocycles. The summed E-state index contributed by atoms with van der Waals surface area (Å²) in [4.78, 5) is 12.2. The molecule has 2 aliphatic carbocycles. The minimum atomic E-state index is 0.0433. The van der Waals surface area contributed by atoms with E-state index in [1.807, 2.05) is 0 Å². The van der Waals surface area contributed by atoms with E-state index < -0.39 is 0 Å². The van der Waals surface area contributed by atoms with Crippen LogP contribution in [0.4, 0.5) is 0 Å². The Bertz CT molecular complexity index is 399. The van der Waals surface area contributed by atoms with Gasteiger partial charge in [-0.25, -0.2) is 0 Å². The zero-order valence-corrected chi connectivity index (χ0v) is 16.1. The highest BCUT2D eigenvalue weighted by Crippen LogP contribution is 2.66. The second kappa shape index (κ2) is 7.57. The van der Waals surface area contributed by atoms with Gasteiger partial charge in [0.1, 0.15) is 6.10 Å². The molecule has 0 radical (unpaired) electrons. The summed E-state index contributed by atoms with van der Waals surface area (Å²) < 4.78 is 5.90. The van der Waals surface area contributed by atoms with Gasteiger partial charge < -0.3 is 4.74 Å². The smallest absolute Gasteiger partial charge is 0.306 e. The number of carbonyl (C=O) groups excluding carboxylic acids is 1. The highest BCUT2D eigenvalue weighted by Gasteiger charge is 2.62. The van der Waals surface area contributed by atoms with Gasteiger partial charge in [-0.3, -0.25) is 4.79 Å². The van der Waals surface area contributed by atoms with E-state index in [-0.39, 0.29) is 17.5 Å². The quantitative estimate of drug-likeness (QED) is 0.377. The maximum Gasteiger partial charge on any atom is 0.306 e. The molecule has 2 nitrogen and oxygen atoms in total. The average Bonchev–Trinajstić information content (AvgIpc) is 2.79. The second-order valence-corrected chi connectivity index (χ2v) is 9.29. The maximum atomic E-state index is 12.2. The molecule has 0 spiro atoms. The third-order valence-corrected chi connectivity index (χ3v) is 7.15. The summed E-state index contributed by atoms with van der Waals surface area (Å²) in [6, 6.07) is 0. The number of rotatable bonds is 9. The van der Waals surface area contributed by atoms with Crippen molar-refractivity contribution in [3.05, 3.63) is 0 Å². The molecule has 0 aromatic carbocycles. The van der Waals surface area contributed by atoms with Crippen LogP contribution in [-0.2, 0) is 9.53 Å². The molecule has 0 saturated heterocycles. The lowest BCUT2D eigenvalue weighted by atomic mass is 9.70. The summed E-state index contributed by atoms with van der Waals surface area (Å²) in [5.74, 6) is 1.60. The van der Waals surface area contributed by atoms with Crippen molar-refractivity contribution in [1.29, 1.82) is 0 Å². The fourth-order valence-corrected chi connectivity index (χ4v) is 4.88. The van der Waals surface area contributed by atoms with Crippen molar-refractivity contribution in [1.82, 2.24) is 0 Å². The molecule has 2 fully saturated rings. The Morgan fingerprint density at radius 3 is 2.30 bits per heavy atom. The van der Waals surface area contributed by atoms with Gasteiger partial charge in [-0.1, -0.05) is 66.7 Å². The third kappa shape index (κ3) is 4.12. The molecule has 0 amide bonds. The van der Waals surface area contributed by atoms with Crippen LogP contribution in [0.1, 0.15) is 98.8 Å². The van der Waals surface area contributed by atoms with E-state index in [4.69, 9.17) is 4.74 Å². The Hall–Kier alpha value is -0.530. The molecule has 0 N–H and O–H groups in total. The summed E-state index contributed by atoms with van der Waals surface area (Å²) in [5, 5.41) is 0. The summed E-state index contributed by atoms with van der Waals surface area (Å²) >= 11 is 0. The average molecular weight is 323 g/mol. The Kier molecular flexibility index (Phi) is 6.19. The van der Waals surface area contributed by atoms with Crippen molar-refractivity contribution in [2.24, 2.45) is 22.7 Å². The van der Waals surface area contributed by atoms with Gasteiger partial charge in [0.15, 0.2) is 0 Å². The largest absolute Gasteiger partial charge is 0.462 e. The van der Waals surface area contributed by atoms with E-state index in [1.54, 1.807) is 0 Å². The van der Waals surface area contributed by atoms with Gasteiger partial charge in [0.05, 0.1) is 0 Å². The van der Waals surface area contributed by atoms with Crippen LogP contribution >= 0.6 is 0 Å². The van der Waals surface area contributed by atoms with Crippen LogP contribution < -0.4 is 0 Å². The number of hydrogen-bond acceptors (Lipinski definition) is 2. The summed E-state index contributed by atoms with van der Waals surface area (Å²) in [6.45, 7) is 11.7. The number of hydrogen-bond donors (Lipinski definition) is 0. The van der Waals surface area contributed by atoms with Crippen molar-refractivity contribution >= 4 is 5.97 Å². The normalized spacial score (nSPS) is 31.7. The topological polar surface area (TPSA) is 26.3 Å². The fourth-order valence-electron chi connectivity index (χ4n) is 4.88. The first-order chi connectivity index (χ1) is 10.8. The molecule has 23 heavy (non-hydrogen) atoms. The Morgan fingerprint density at radius 1 is 1.09 bits per heavy atom. The molecule has 3 atom stereocenters. The van der Waals surface area contributed by atoms with Gasteiger partial charge in [0.2, 0.25) is 0 Å². The highest BCUT2D eigenvalue weighted by molar-refractivity contribution is 5.69. The highest BCUT2D eigenvalue weighted by atomic mass is 16.5. The number of ether oxygens (including phenoxy) is 1. The van der Waals surface area contributed by atoms with Gasteiger partial charge in [-0.2, -0.15) is 0 Å². The first-order valence-electron chi connectivity index (χ1n) is 9.97. The van der Waals surface area contributed by atoms with E-state index in [1.165, 1.54) is 44.9 Å². The molecule has 2 aliphatic rings. The number of esters is 1. The first-order valence-corrected chi connectivity index (χ1v) is 9.97. The van der Waals surface area contributed by atoms with E-state index >= 15 is 0 Å². The molecule has 2 heteroatoms. The predicted octanol–water partition coefficient (Wildman–Crippen LogP) is 6.13. The molecule has 2 saturated carbocycles. The molecule has 134 valence electrons. The lowest BCUT2D eigenvalue weighted by Gasteiger charge is -2.38. The van der Waals surface area contributed by atoms with Crippen LogP contribution in [-0.4, -0.2) is 12.1 Å². The van der Waals surface area contributed by atoms with E-state index in [9.17, 15) is 4.79 Å². The van der Waals surface area contributed by atoms with Gasteiger partial charge in [-0.15, -0.1) is 0 Å². The van der Waals surface area contributed by atoms with Crippen LogP contribution in [0.25, 0.3) is 0 Å². The zero-order chi connectivity index (χ0) is 17.1. The SMILES string of the molecule is CC(C)CCCCCCCC(=O)O[C@@H]1C[C@@H]2CC[C@@]1(C)C2(C)C. The van der Waals surface area contributed by atoms with E-state index in [0.717, 1.165) is 24.7 Å². The second-order valence-electron chi connectivity index (χ2n) is 9.29. The van der Waals surface area contributed by atoms with Crippen LogP contribution in [0.2, 0.25) is 0 Å². The van der Waals surface area contributed by atoms with Gasteiger partial charge >= 0.3 is 5.97 Å². The molecular formula is C21H38O2. The van der Waals surface area contributed by atoms with Crippen LogP contribution in [0.15, 0.2) is 0 Å². The van der Waals surface area contributed by atoms with E-state index in [2.05, 4.69) is 34.6 Å². The van der Waals surface area contributed by atoms with Crippen molar-refractivity contribution in [2.75, 3.05) is 0 Å². The zero-order valence-electron chi connectivity index (χ0n) is 16.1. The summed E-state index contributed by atoms with van der Waals surface area (Å²) in [5.41, 5.74) is 0.526. The number of carbonyl (C=O) groups is 1. The van der Waals surface area contributed by atoms with Crippen LogP contribution in [0.5, 0.6) is 0 Å². The standard InChI is InChI=1S/C21H38O2/c1-16(2)11-9-7-6-8-10-12-19(22)23-18-15-17-13-14-21(18,5)20(17,3)4/h16-18H,6-15H2,1-5H3/t17-,18+,21+/m0/s1. The molecule has 2 bridgehead atoms. The summed E-state index contributed by atoms with van der Waals surface area (Å²) in [7, 11) is 0. The lowest BCUT2D eigenvalue weighted by molar-refractivity contribution is -0.157. The molecule has 0 unspecified atom stereocenters.